The number of pyridine rings is 1. The maximum absolute atomic E-state index is 5.79. The third-order valence-corrected chi connectivity index (χ3v) is 3.16. The summed E-state index contributed by atoms with van der Waals surface area (Å²) < 4.78 is 5.36. The van der Waals surface area contributed by atoms with Gasteiger partial charge in [-0.25, -0.2) is 0 Å². The molecule has 0 aliphatic carbocycles. The molecule has 0 bridgehead atoms. The van der Waals surface area contributed by atoms with Crippen molar-refractivity contribution < 1.29 is 4.74 Å². The first-order chi connectivity index (χ1) is 7.76. The lowest BCUT2D eigenvalue weighted by Crippen LogP contribution is -2.35. The molecule has 2 N–H and O–H groups in total. The monoisotopic (exact) mass is 221 g/mol. The molecule has 1 aromatic heterocycles. The predicted octanol–water partition coefficient (Wildman–Crippen LogP) is 1.33. The molecule has 2 rings (SSSR count). The van der Waals surface area contributed by atoms with Crippen LogP contribution in [-0.2, 0) is 0 Å². The number of aromatic nitrogens is 1. The molecule has 2 heterocycles. The Morgan fingerprint density at radius 3 is 3.12 bits per heavy atom. The van der Waals surface area contributed by atoms with Gasteiger partial charge in [-0.2, -0.15) is 0 Å². The van der Waals surface area contributed by atoms with Crippen molar-refractivity contribution in [3.63, 3.8) is 0 Å². The summed E-state index contributed by atoms with van der Waals surface area (Å²) >= 11 is 0. The minimum Gasteiger partial charge on any atom is -0.493 e. The van der Waals surface area contributed by atoms with Crippen LogP contribution in [0.1, 0.15) is 18.5 Å². The Balaban J connectivity index is 2.34. The van der Waals surface area contributed by atoms with Gasteiger partial charge in [-0.3, -0.25) is 4.98 Å². The minimum atomic E-state index is 0.440. The zero-order valence-corrected chi connectivity index (χ0v) is 9.94. The Hall–Kier alpha value is -1.29. The molecule has 0 spiro atoms. The largest absolute Gasteiger partial charge is 0.493 e. The van der Waals surface area contributed by atoms with Gasteiger partial charge in [0.05, 0.1) is 19.0 Å². The van der Waals surface area contributed by atoms with Gasteiger partial charge in [0.1, 0.15) is 0 Å². The number of ether oxygens (including phenoxy) is 1. The van der Waals surface area contributed by atoms with E-state index >= 15 is 0 Å². The van der Waals surface area contributed by atoms with E-state index in [9.17, 15) is 0 Å². The average molecular weight is 221 g/mol. The highest BCUT2D eigenvalue weighted by molar-refractivity contribution is 5.59. The normalized spacial score (nSPS) is 20.2. The van der Waals surface area contributed by atoms with Gasteiger partial charge in [0.15, 0.2) is 5.75 Å². The Labute approximate surface area is 96.4 Å². The van der Waals surface area contributed by atoms with Crippen molar-refractivity contribution in [3.05, 3.63) is 18.0 Å². The van der Waals surface area contributed by atoms with Crippen molar-refractivity contribution >= 4 is 5.69 Å². The van der Waals surface area contributed by atoms with Gasteiger partial charge in [0, 0.05) is 24.8 Å². The molecule has 1 aliphatic rings. The fourth-order valence-electron chi connectivity index (χ4n) is 2.31. The molecule has 1 aromatic rings. The maximum Gasteiger partial charge on any atom is 0.160 e. The zero-order valence-electron chi connectivity index (χ0n) is 9.94. The second kappa shape index (κ2) is 4.70. The number of hydrogen-bond donors (Lipinski definition) is 1. The van der Waals surface area contributed by atoms with Crippen LogP contribution < -0.4 is 15.4 Å². The minimum absolute atomic E-state index is 0.440. The molecule has 1 aliphatic heterocycles. The molecule has 4 heteroatoms. The SMILES string of the molecule is COc1cnc(C)cc1N1CCCC1CN. The maximum atomic E-state index is 5.79. The van der Waals surface area contributed by atoms with Crippen LogP contribution in [0.2, 0.25) is 0 Å². The highest BCUT2D eigenvalue weighted by atomic mass is 16.5. The predicted molar refractivity (Wildman–Crippen MR) is 64.9 cm³/mol. The van der Waals surface area contributed by atoms with E-state index in [-0.39, 0.29) is 0 Å². The fraction of sp³-hybridized carbons (Fsp3) is 0.583. The highest BCUT2D eigenvalue weighted by Crippen LogP contribution is 2.33. The Bertz CT molecular complexity index is 367. The number of nitrogens with zero attached hydrogens (tertiary/aromatic N) is 2. The molecular formula is C12H19N3O. The number of methoxy groups -OCH3 is 1. The third-order valence-electron chi connectivity index (χ3n) is 3.16. The molecule has 0 radical (unpaired) electrons. The summed E-state index contributed by atoms with van der Waals surface area (Å²) in [6, 6.07) is 2.52. The number of anilines is 1. The van der Waals surface area contributed by atoms with E-state index in [0.717, 1.165) is 23.7 Å². The topological polar surface area (TPSA) is 51.4 Å². The quantitative estimate of drug-likeness (QED) is 0.836. The van der Waals surface area contributed by atoms with E-state index < -0.39 is 0 Å². The van der Waals surface area contributed by atoms with Crippen LogP contribution in [0.15, 0.2) is 12.3 Å². The van der Waals surface area contributed by atoms with Crippen molar-refractivity contribution in [1.82, 2.24) is 4.98 Å². The van der Waals surface area contributed by atoms with Crippen LogP contribution >= 0.6 is 0 Å². The molecular weight excluding hydrogens is 202 g/mol. The summed E-state index contributed by atoms with van der Waals surface area (Å²) in [6.07, 6.45) is 4.16. The van der Waals surface area contributed by atoms with Crippen molar-refractivity contribution in [2.24, 2.45) is 5.73 Å². The summed E-state index contributed by atoms with van der Waals surface area (Å²) in [4.78, 5) is 6.59. The summed E-state index contributed by atoms with van der Waals surface area (Å²) in [5, 5.41) is 0. The molecule has 0 aromatic carbocycles. The van der Waals surface area contributed by atoms with Gasteiger partial charge in [0.2, 0.25) is 0 Å². The van der Waals surface area contributed by atoms with E-state index in [2.05, 4.69) is 16.0 Å². The van der Waals surface area contributed by atoms with Gasteiger partial charge < -0.3 is 15.4 Å². The average Bonchev–Trinajstić information content (AvgIpc) is 2.76. The number of rotatable bonds is 3. The summed E-state index contributed by atoms with van der Waals surface area (Å²) in [6.45, 7) is 3.75. The van der Waals surface area contributed by atoms with Crippen LogP contribution in [0.5, 0.6) is 5.75 Å². The van der Waals surface area contributed by atoms with Crippen LogP contribution in [0.25, 0.3) is 0 Å². The van der Waals surface area contributed by atoms with Crippen LogP contribution in [0.3, 0.4) is 0 Å². The van der Waals surface area contributed by atoms with Gasteiger partial charge in [-0.05, 0) is 25.8 Å². The number of hydrogen-bond acceptors (Lipinski definition) is 4. The fourth-order valence-corrected chi connectivity index (χ4v) is 2.31. The van der Waals surface area contributed by atoms with E-state index in [1.54, 1.807) is 13.3 Å². The lowest BCUT2D eigenvalue weighted by molar-refractivity contribution is 0.411. The smallest absolute Gasteiger partial charge is 0.160 e. The molecule has 16 heavy (non-hydrogen) atoms. The van der Waals surface area contributed by atoms with E-state index in [1.165, 1.54) is 12.8 Å². The van der Waals surface area contributed by atoms with Gasteiger partial charge in [-0.1, -0.05) is 0 Å². The van der Waals surface area contributed by atoms with E-state index in [4.69, 9.17) is 10.5 Å². The second-order valence-electron chi connectivity index (χ2n) is 4.22. The highest BCUT2D eigenvalue weighted by Gasteiger charge is 2.25. The molecule has 0 saturated carbocycles. The van der Waals surface area contributed by atoms with Crippen LogP contribution in [0, 0.1) is 6.92 Å². The third kappa shape index (κ3) is 1.97. The summed E-state index contributed by atoms with van der Waals surface area (Å²) in [7, 11) is 1.68. The Morgan fingerprint density at radius 1 is 1.62 bits per heavy atom. The second-order valence-corrected chi connectivity index (χ2v) is 4.22. The molecule has 88 valence electrons. The molecule has 0 amide bonds. The standard InChI is InChI=1S/C12H19N3O/c1-9-6-11(12(16-2)8-14-9)15-5-3-4-10(15)7-13/h6,8,10H,3-5,7,13H2,1-2H3. The molecule has 1 unspecified atom stereocenters. The first-order valence-electron chi connectivity index (χ1n) is 5.73. The lowest BCUT2D eigenvalue weighted by Gasteiger charge is -2.27. The number of aryl methyl sites for hydroxylation is 1. The molecule has 4 nitrogen and oxygen atoms in total. The number of nitrogens with two attached hydrogens (primary N) is 1. The van der Waals surface area contributed by atoms with E-state index in [1.807, 2.05) is 6.92 Å². The zero-order chi connectivity index (χ0) is 11.5. The van der Waals surface area contributed by atoms with Crippen molar-refractivity contribution in [1.29, 1.82) is 0 Å². The van der Waals surface area contributed by atoms with Crippen LogP contribution in [0.4, 0.5) is 5.69 Å². The van der Waals surface area contributed by atoms with Crippen LogP contribution in [-0.4, -0.2) is 31.2 Å². The van der Waals surface area contributed by atoms with Crippen molar-refractivity contribution in [2.75, 3.05) is 25.1 Å². The first-order valence-corrected chi connectivity index (χ1v) is 5.73. The molecule has 1 saturated heterocycles. The van der Waals surface area contributed by atoms with Gasteiger partial charge >= 0.3 is 0 Å². The van der Waals surface area contributed by atoms with E-state index in [0.29, 0.717) is 12.6 Å². The molecule has 1 atom stereocenters. The summed E-state index contributed by atoms with van der Waals surface area (Å²) in [5.41, 5.74) is 7.93. The van der Waals surface area contributed by atoms with Crippen molar-refractivity contribution in [2.45, 2.75) is 25.8 Å². The lowest BCUT2D eigenvalue weighted by atomic mass is 10.2. The molecule has 1 fully saturated rings. The van der Waals surface area contributed by atoms with Gasteiger partial charge in [0.25, 0.3) is 0 Å². The first kappa shape index (κ1) is 11.2. The summed E-state index contributed by atoms with van der Waals surface area (Å²) in [5.74, 6) is 0.839. The Morgan fingerprint density at radius 2 is 2.44 bits per heavy atom. The van der Waals surface area contributed by atoms with Gasteiger partial charge in [-0.15, -0.1) is 0 Å². The Kier molecular flexibility index (Phi) is 3.29. The van der Waals surface area contributed by atoms with Crippen molar-refractivity contribution in [3.8, 4) is 5.75 Å².